The molecule has 0 saturated heterocycles. The number of hydrogen-bond donors (Lipinski definition) is 1. The van der Waals surface area contributed by atoms with Gasteiger partial charge in [0.1, 0.15) is 0 Å². The summed E-state index contributed by atoms with van der Waals surface area (Å²) in [6.07, 6.45) is 0.440. The fourth-order valence-electron chi connectivity index (χ4n) is 1.23. The minimum absolute atomic E-state index is 0.160. The van der Waals surface area contributed by atoms with Crippen molar-refractivity contribution in [2.45, 2.75) is 23.5 Å². The van der Waals surface area contributed by atoms with E-state index in [0.29, 0.717) is 6.42 Å². The zero-order valence-electron chi connectivity index (χ0n) is 10.2. The van der Waals surface area contributed by atoms with Gasteiger partial charge in [0.05, 0.1) is 13.5 Å². The number of methoxy groups -OCH3 is 1. The molecule has 0 bridgehead atoms. The highest BCUT2D eigenvalue weighted by Gasteiger charge is 2.11. The minimum atomic E-state index is -0.160. The van der Waals surface area contributed by atoms with Gasteiger partial charge in [0.15, 0.2) is 0 Å². The summed E-state index contributed by atoms with van der Waals surface area (Å²) in [7, 11) is 6.68. The van der Waals surface area contributed by atoms with Crippen molar-refractivity contribution in [1.82, 2.24) is 0 Å². The van der Waals surface area contributed by atoms with Crippen molar-refractivity contribution in [1.29, 1.82) is 0 Å². The van der Waals surface area contributed by atoms with Crippen molar-refractivity contribution in [2.75, 3.05) is 19.5 Å². The topological polar surface area (TPSA) is 38.3 Å². The molecule has 0 aliphatic carbocycles. The van der Waals surface area contributed by atoms with Gasteiger partial charge in [-0.15, -0.1) is 0 Å². The van der Waals surface area contributed by atoms with Crippen LogP contribution in [-0.2, 0) is 9.53 Å². The number of rotatable bonds is 6. The molecular formula is C12H17NO2S2. The maximum Gasteiger partial charge on any atom is 0.306 e. The summed E-state index contributed by atoms with van der Waals surface area (Å²) in [5.41, 5.74) is 1.11. The molecule has 0 amide bonds. The largest absolute Gasteiger partial charge is 0.469 e. The third kappa shape index (κ3) is 4.91. The van der Waals surface area contributed by atoms with E-state index in [1.807, 2.05) is 32.2 Å². The van der Waals surface area contributed by atoms with Gasteiger partial charge < -0.3 is 10.1 Å². The summed E-state index contributed by atoms with van der Waals surface area (Å²) < 4.78 is 4.64. The second-order valence-corrected chi connectivity index (χ2v) is 6.20. The van der Waals surface area contributed by atoms with Crippen molar-refractivity contribution in [3.05, 3.63) is 24.3 Å². The van der Waals surface area contributed by atoms with E-state index in [4.69, 9.17) is 0 Å². The molecule has 17 heavy (non-hydrogen) atoms. The molecule has 1 rings (SSSR count). The van der Waals surface area contributed by atoms with Gasteiger partial charge in [-0.05, 0) is 12.1 Å². The SMILES string of the molecule is CNc1ccccc1SSC(C)CC(=O)OC. The minimum Gasteiger partial charge on any atom is -0.469 e. The first-order valence-corrected chi connectivity index (χ1v) is 7.55. The monoisotopic (exact) mass is 271 g/mol. The third-order valence-electron chi connectivity index (χ3n) is 2.14. The molecule has 0 radical (unpaired) electrons. The summed E-state index contributed by atoms with van der Waals surface area (Å²) in [4.78, 5) is 12.3. The quantitative estimate of drug-likeness (QED) is 0.634. The van der Waals surface area contributed by atoms with Crippen LogP contribution < -0.4 is 5.32 Å². The molecule has 0 aliphatic heterocycles. The van der Waals surface area contributed by atoms with E-state index in [-0.39, 0.29) is 11.2 Å². The second-order valence-electron chi connectivity index (χ2n) is 3.52. The first-order valence-electron chi connectivity index (χ1n) is 5.34. The summed E-state index contributed by atoms with van der Waals surface area (Å²) in [5, 5.41) is 3.38. The van der Waals surface area contributed by atoms with Gasteiger partial charge in [-0.2, -0.15) is 0 Å². The maximum absolute atomic E-state index is 11.1. The first kappa shape index (κ1) is 14.3. The van der Waals surface area contributed by atoms with E-state index >= 15 is 0 Å². The Morgan fingerprint density at radius 3 is 2.82 bits per heavy atom. The number of hydrogen-bond acceptors (Lipinski definition) is 5. The van der Waals surface area contributed by atoms with Gasteiger partial charge >= 0.3 is 5.97 Å². The van der Waals surface area contributed by atoms with Gasteiger partial charge in [0.2, 0.25) is 0 Å². The van der Waals surface area contributed by atoms with Crippen LogP contribution in [0.2, 0.25) is 0 Å². The number of nitrogens with one attached hydrogen (secondary N) is 1. The van der Waals surface area contributed by atoms with E-state index in [1.165, 1.54) is 12.0 Å². The zero-order chi connectivity index (χ0) is 12.7. The van der Waals surface area contributed by atoms with Crippen molar-refractivity contribution >= 4 is 33.2 Å². The molecule has 1 N–H and O–H groups in total. The zero-order valence-corrected chi connectivity index (χ0v) is 11.9. The van der Waals surface area contributed by atoms with Crippen LogP contribution in [-0.4, -0.2) is 25.4 Å². The molecule has 1 atom stereocenters. The Kier molecular flexibility index (Phi) is 6.29. The molecule has 1 unspecified atom stereocenters. The maximum atomic E-state index is 11.1. The molecular weight excluding hydrogens is 254 g/mol. The molecule has 3 nitrogen and oxygen atoms in total. The molecule has 1 aromatic carbocycles. The summed E-state index contributed by atoms with van der Waals surface area (Å²) in [6.45, 7) is 2.02. The molecule has 0 fully saturated rings. The fourth-order valence-corrected chi connectivity index (χ4v) is 3.54. The number of esters is 1. The Bertz CT molecular complexity index is 371. The average molecular weight is 271 g/mol. The van der Waals surface area contributed by atoms with Crippen molar-refractivity contribution in [3.8, 4) is 0 Å². The second kappa shape index (κ2) is 7.50. The van der Waals surface area contributed by atoms with E-state index in [1.54, 1.807) is 21.6 Å². The predicted molar refractivity (Wildman–Crippen MR) is 75.5 cm³/mol. The van der Waals surface area contributed by atoms with Crippen molar-refractivity contribution in [3.63, 3.8) is 0 Å². The van der Waals surface area contributed by atoms with Crippen LogP contribution in [0.4, 0.5) is 5.69 Å². The molecule has 0 aromatic heterocycles. The van der Waals surface area contributed by atoms with E-state index in [2.05, 4.69) is 16.1 Å². The highest BCUT2D eigenvalue weighted by molar-refractivity contribution is 8.77. The molecule has 0 aliphatic rings. The number of ether oxygens (including phenoxy) is 1. The molecule has 0 saturated carbocycles. The van der Waals surface area contributed by atoms with Crippen LogP contribution in [0.15, 0.2) is 29.2 Å². The summed E-state index contributed by atoms with van der Waals surface area (Å²) in [5.74, 6) is -0.160. The highest BCUT2D eigenvalue weighted by atomic mass is 33.1. The van der Waals surface area contributed by atoms with Gasteiger partial charge in [-0.1, -0.05) is 40.6 Å². The standard InChI is InChI=1S/C12H17NO2S2/c1-9(8-12(14)15-3)16-17-11-7-5-4-6-10(11)13-2/h4-7,9,13H,8H2,1-3H3. The Morgan fingerprint density at radius 2 is 2.18 bits per heavy atom. The van der Waals surface area contributed by atoms with E-state index in [0.717, 1.165) is 5.69 Å². The average Bonchev–Trinajstić information content (AvgIpc) is 2.36. The fraction of sp³-hybridized carbons (Fsp3) is 0.417. The molecule has 5 heteroatoms. The number of benzene rings is 1. The Labute approximate surface area is 110 Å². The van der Waals surface area contributed by atoms with Gasteiger partial charge in [0, 0.05) is 22.9 Å². The Balaban J connectivity index is 2.47. The Hall–Kier alpha value is -0.810. The predicted octanol–water partition coefficient (Wildman–Crippen LogP) is 3.42. The lowest BCUT2D eigenvalue weighted by Crippen LogP contribution is -2.07. The van der Waals surface area contributed by atoms with Gasteiger partial charge in [-0.3, -0.25) is 4.79 Å². The lowest BCUT2D eigenvalue weighted by Gasteiger charge is -2.11. The lowest BCUT2D eigenvalue weighted by molar-refractivity contribution is -0.140. The lowest BCUT2D eigenvalue weighted by atomic mass is 10.3. The van der Waals surface area contributed by atoms with Crippen LogP contribution in [0.25, 0.3) is 0 Å². The summed E-state index contributed by atoms with van der Waals surface area (Å²) in [6, 6.07) is 8.11. The van der Waals surface area contributed by atoms with E-state index < -0.39 is 0 Å². The smallest absolute Gasteiger partial charge is 0.306 e. The van der Waals surface area contributed by atoms with Crippen LogP contribution >= 0.6 is 21.6 Å². The molecule has 0 spiro atoms. The highest BCUT2D eigenvalue weighted by Crippen LogP contribution is 2.39. The summed E-state index contributed by atoms with van der Waals surface area (Å²) >= 11 is 0. The van der Waals surface area contributed by atoms with E-state index in [9.17, 15) is 4.79 Å². The van der Waals surface area contributed by atoms with Crippen molar-refractivity contribution < 1.29 is 9.53 Å². The first-order chi connectivity index (χ1) is 8.17. The van der Waals surface area contributed by atoms with Gasteiger partial charge in [0.25, 0.3) is 0 Å². The number of para-hydroxylation sites is 1. The van der Waals surface area contributed by atoms with Crippen LogP contribution in [0.5, 0.6) is 0 Å². The number of anilines is 1. The molecule has 0 heterocycles. The molecule has 94 valence electrons. The van der Waals surface area contributed by atoms with Crippen LogP contribution in [0, 0.1) is 0 Å². The normalized spacial score (nSPS) is 11.9. The third-order valence-corrected chi connectivity index (χ3v) is 5.08. The Morgan fingerprint density at radius 1 is 1.47 bits per heavy atom. The number of carbonyl (C=O) groups excluding carboxylic acids is 1. The number of carbonyl (C=O) groups is 1. The molecule has 1 aromatic rings. The van der Waals surface area contributed by atoms with Crippen molar-refractivity contribution in [2.24, 2.45) is 0 Å². The van der Waals surface area contributed by atoms with Crippen LogP contribution in [0.3, 0.4) is 0 Å². The van der Waals surface area contributed by atoms with Gasteiger partial charge in [-0.25, -0.2) is 0 Å². The van der Waals surface area contributed by atoms with Crippen LogP contribution in [0.1, 0.15) is 13.3 Å².